The lowest BCUT2D eigenvalue weighted by atomic mass is 10.1. The Hall–Kier alpha value is -2.56. The minimum absolute atomic E-state index is 0.280. The van der Waals surface area contributed by atoms with Crippen LogP contribution in [-0.4, -0.2) is 21.0 Å². The van der Waals surface area contributed by atoms with E-state index in [2.05, 4.69) is 5.32 Å². The Kier molecular flexibility index (Phi) is 3.73. The van der Waals surface area contributed by atoms with Crippen LogP contribution in [0.15, 0.2) is 36.4 Å². The third-order valence-electron chi connectivity index (χ3n) is 3.34. The molecule has 0 aromatic heterocycles. The van der Waals surface area contributed by atoms with Gasteiger partial charge in [0.2, 0.25) is 6.79 Å². The summed E-state index contributed by atoms with van der Waals surface area (Å²) in [5, 5.41) is 3.35. The number of anilines is 1. The maximum atomic E-state index is 5.37. The SMILES string of the molecule is COc1ccc(OC)c(CNc2ccc3c(c2)OCO3)c1. The Labute approximate surface area is 123 Å². The summed E-state index contributed by atoms with van der Waals surface area (Å²) in [5.74, 6) is 3.17. The summed E-state index contributed by atoms with van der Waals surface area (Å²) in [6.07, 6.45) is 0. The molecule has 0 spiro atoms. The second-order valence-corrected chi connectivity index (χ2v) is 4.60. The molecule has 0 saturated heterocycles. The van der Waals surface area contributed by atoms with Crippen molar-refractivity contribution in [2.45, 2.75) is 6.54 Å². The molecule has 110 valence electrons. The zero-order chi connectivity index (χ0) is 14.7. The Morgan fingerprint density at radius 2 is 1.86 bits per heavy atom. The van der Waals surface area contributed by atoms with Crippen molar-refractivity contribution in [3.8, 4) is 23.0 Å². The lowest BCUT2D eigenvalue weighted by Gasteiger charge is -2.12. The lowest BCUT2D eigenvalue weighted by Crippen LogP contribution is -2.02. The molecule has 1 aliphatic rings. The molecule has 3 rings (SSSR count). The van der Waals surface area contributed by atoms with Crippen LogP contribution in [0.1, 0.15) is 5.56 Å². The molecule has 0 radical (unpaired) electrons. The molecule has 5 nitrogen and oxygen atoms in total. The van der Waals surface area contributed by atoms with Gasteiger partial charge in [0.1, 0.15) is 11.5 Å². The number of methoxy groups -OCH3 is 2. The molecule has 1 aliphatic heterocycles. The van der Waals surface area contributed by atoms with E-state index in [4.69, 9.17) is 18.9 Å². The van der Waals surface area contributed by atoms with Crippen LogP contribution in [0.3, 0.4) is 0 Å². The minimum Gasteiger partial charge on any atom is -0.497 e. The summed E-state index contributed by atoms with van der Waals surface area (Å²) in [7, 11) is 3.31. The topological polar surface area (TPSA) is 49.0 Å². The van der Waals surface area contributed by atoms with Gasteiger partial charge in [0, 0.05) is 23.9 Å². The monoisotopic (exact) mass is 287 g/mol. The van der Waals surface area contributed by atoms with Gasteiger partial charge in [-0.2, -0.15) is 0 Å². The van der Waals surface area contributed by atoms with Gasteiger partial charge in [-0.05, 0) is 30.3 Å². The van der Waals surface area contributed by atoms with Crippen molar-refractivity contribution in [3.63, 3.8) is 0 Å². The van der Waals surface area contributed by atoms with Crippen molar-refractivity contribution in [1.82, 2.24) is 0 Å². The normalized spacial score (nSPS) is 12.1. The third-order valence-corrected chi connectivity index (χ3v) is 3.34. The molecule has 2 aromatic rings. The van der Waals surface area contributed by atoms with Crippen molar-refractivity contribution >= 4 is 5.69 Å². The Bertz CT molecular complexity index is 642. The van der Waals surface area contributed by atoms with Gasteiger partial charge in [0.15, 0.2) is 11.5 Å². The summed E-state index contributed by atoms with van der Waals surface area (Å²) in [6, 6.07) is 11.5. The summed E-state index contributed by atoms with van der Waals surface area (Å²) < 4.78 is 21.3. The van der Waals surface area contributed by atoms with Crippen LogP contribution in [-0.2, 0) is 6.54 Å². The molecular weight excluding hydrogens is 270 g/mol. The van der Waals surface area contributed by atoms with E-state index in [-0.39, 0.29) is 6.79 Å². The molecule has 21 heavy (non-hydrogen) atoms. The lowest BCUT2D eigenvalue weighted by molar-refractivity contribution is 0.174. The highest BCUT2D eigenvalue weighted by Crippen LogP contribution is 2.34. The first kappa shape index (κ1) is 13.4. The molecule has 1 N–H and O–H groups in total. The molecule has 0 amide bonds. The molecule has 0 bridgehead atoms. The van der Waals surface area contributed by atoms with Crippen LogP contribution in [0.5, 0.6) is 23.0 Å². The zero-order valence-electron chi connectivity index (χ0n) is 12.0. The number of ether oxygens (including phenoxy) is 4. The summed E-state index contributed by atoms with van der Waals surface area (Å²) >= 11 is 0. The molecule has 0 aliphatic carbocycles. The highest BCUT2D eigenvalue weighted by atomic mass is 16.7. The van der Waals surface area contributed by atoms with Crippen LogP contribution in [0, 0.1) is 0 Å². The van der Waals surface area contributed by atoms with Crippen molar-refractivity contribution in [1.29, 1.82) is 0 Å². The van der Waals surface area contributed by atoms with Gasteiger partial charge in [-0.15, -0.1) is 0 Å². The van der Waals surface area contributed by atoms with Gasteiger partial charge in [-0.25, -0.2) is 0 Å². The molecule has 0 atom stereocenters. The van der Waals surface area contributed by atoms with Crippen molar-refractivity contribution in [2.24, 2.45) is 0 Å². The van der Waals surface area contributed by atoms with E-state index in [1.807, 2.05) is 36.4 Å². The number of hydrogen-bond acceptors (Lipinski definition) is 5. The number of hydrogen-bond donors (Lipinski definition) is 1. The fourth-order valence-electron chi connectivity index (χ4n) is 2.22. The highest BCUT2D eigenvalue weighted by Gasteiger charge is 2.13. The van der Waals surface area contributed by atoms with E-state index >= 15 is 0 Å². The second kappa shape index (κ2) is 5.83. The van der Waals surface area contributed by atoms with Crippen LogP contribution < -0.4 is 24.3 Å². The van der Waals surface area contributed by atoms with Crippen molar-refractivity contribution < 1.29 is 18.9 Å². The maximum Gasteiger partial charge on any atom is 0.231 e. The van der Waals surface area contributed by atoms with Crippen LogP contribution in [0.25, 0.3) is 0 Å². The smallest absolute Gasteiger partial charge is 0.231 e. The van der Waals surface area contributed by atoms with Gasteiger partial charge in [0.05, 0.1) is 14.2 Å². The van der Waals surface area contributed by atoms with E-state index in [0.717, 1.165) is 34.2 Å². The van der Waals surface area contributed by atoms with Gasteiger partial charge in [-0.1, -0.05) is 0 Å². The summed E-state index contributed by atoms with van der Waals surface area (Å²) in [6.45, 7) is 0.905. The predicted molar refractivity (Wildman–Crippen MR) is 79.4 cm³/mol. The number of fused-ring (bicyclic) bond motifs is 1. The zero-order valence-corrected chi connectivity index (χ0v) is 12.0. The molecule has 0 fully saturated rings. The van der Waals surface area contributed by atoms with Gasteiger partial charge < -0.3 is 24.3 Å². The quantitative estimate of drug-likeness (QED) is 0.916. The predicted octanol–water partition coefficient (Wildman–Crippen LogP) is 3.04. The first-order valence-corrected chi connectivity index (χ1v) is 6.64. The molecular formula is C16H17NO4. The number of nitrogens with one attached hydrogen (secondary N) is 1. The van der Waals surface area contributed by atoms with Gasteiger partial charge in [-0.3, -0.25) is 0 Å². The second-order valence-electron chi connectivity index (χ2n) is 4.60. The number of rotatable bonds is 5. The Morgan fingerprint density at radius 3 is 2.67 bits per heavy atom. The van der Waals surface area contributed by atoms with E-state index in [0.29, 0.717) is 6.54 Å². The largest absolute Gasteiger partial charge is 0.497 e. The van der Waals surface area contributed by atoms with Crippen LogP contribution in [0.2, 0.25) is 0 Å². The Balaban J connectivity index is 1.75. The molecule has 1 heterocycles. The molecule has 0 saturated carbocycles. The minimum atomic E-state index is 0.280. The number of benzene rings is 2. The van der Waals surface area contributed by atoms with Crippen molar-refractivity contribution in [2.75, 3.05) is 26.3 Å². The Morgan fingerprint density at radius 1 is 1.00 bits per heavy atom. The molecule has 2 aromatic carbocycles. The van der Waals surface area contributed by atoms with Crippen molar-refractivity contribution in [3.05, 3.63) is 42.0 Å². The fraction of sp³-hybridized carbons (Fsp3) is 0.250. The van der Waals surface area contributed by atoms with Crippen LogP contribution >= 0.6 is 0 Å². The van der Waals surface area contributed by atoms with E-state index in [1.165, 1.54) is 0 Å². The van der Waals surface area contributed by atoms with Gasteiger partial charge >= 0.3 is 0 Å². The van der Waals surface area contributed by atoms with E-state index < -0.39 is 0 Å². The molecule has 5 heteroatoms. The first-order chi connectivity index (χ1) is 10.3. The average Bonchev–Trinajstić information content (AvgIpc) is 3.00. The fourth-order valence-corrected chi connectivity index (χ4v) is 2.22. The standard InChI is InChI=1S/C16H17NO4/c1-18-13-4-6-14(19-2)11(7-13)9-17-12-3-5-15-16(8-12)21-10-20-15/h3-8,17H,9-10H2,1-2H3. The van der Waals surface area contributed by atoms with E-state index in [1.54, 1.807) is 14.2 Å². The average molecular weight is 287 g/mol. The molecule has 0 unspecified atom stereocenters. The van der Waals surface area contributed by atoms with Gasteiger partial charge in [0.25, 0.3) is 0 Å². The highest BCUT2D eigenvalue weighted by molar-refractivity contribution is 5.56. The summed E-state index contributed by atoms with van der Waals surface area (Å²) in [4.78, 5) is 0. The van der Waals surface area contributed by atoms with E-state index in [9.17, 15) is 0 Å². The first-order valence-electron chi connectivity index (χ1n) is 6.64. The maximum absolute atomic E-state index is 5.37. The van der Waals surface area contributed by atoms with Crippen LogP contribution in [0.4, 0.5) is 5.69 Å². The summed E-state index contributed by atoms with van der Waals surface area (Å²) in [5.41, 5.74) is 1.98. The third kappa shape index (κ3) is 2.81.